The number of hydrogen-bond donors (Lipinski definition) is 2. The van der Waals surface area contributed by atoms with Crippen molar-refractivity contribution in [3.8, 4) is 0 Å². The molecule has 0 radical (unpaired) electrons. The summed E-state index contributed by atoms with van der Waals surface area (Å²) in [5, 5.41) is 5.44. The second kappa shape index (κ2) is 9.36. The Morgan fingerprint density at radius 3 is 2.23 bits per heavy atom. The highest BCUT2D eigenvalue weighted by atomic mass is 16.2. The Kier molecular flexibility index (Phi) is 6.91. The van der Waals surface area contributed by atoms with Crippen LogP contribution in [0.2, 0.25) is 0 Å². The third kappa shape index (κ3) is 4.92. The standard InChI is InChI=1S/C20H24N4O2/c1-4-14-21-19(25)17-8-7-9-18(23-17)20(26)22-15-10-12-16(13-11-15)24(5-2)6-3/h4,7-13H,1,5-6,14H2,2-3H3,(H,21,25)(H,22,26). The summed E-state index contributed by atoms with van der Waals surface area (Å²) in [7, 11) is 0. The van der Waals surface area contributed by atoms with E-state index in [1.54, 1.807) is 24.3 Å². The number of carbonyl (C=O) groups excluding carboxylic acids is 2. The molecule has 2 amide bonds. The highest BCUT2D eigenvalue weighted by Crippen LogP contribution is 2.18. The first-order valence-electron chi connectivity index (χ1n) is 8.61. The number of nitrogens with one attached hydrogen (secondary N) is 2. The molecule has 6 nitrogen and oxygen atoms in total. The van der Waals surface area contributed by atoms with Crippen molar-refractivity contribution in [2.24, 2.45) is 0 Å². The molecule has 1 heterocycles. The van der Waals surface area contributed by atoms with Crippen LogP contribution >= 0.6 is 0 Å². The van der Waals surface area contributed by atoms with E-state index in [1.165, 1.54) is 0 Å². The lowest BCUT2D eigenvalue weighted by molar-refractivity contribution is 0.0953. The SMILES string of the molecule is C=CCNC(=O)c1cccc(C(=O)Nc2ccc(N(CC)CC)cc2)n1. The second-order valence-electron chi connectivity index (χ2n) is 5.58. The van der Waals surface area contributed by atoms with Gasteiger partial charge in [-0.05, 0) is 50.2 Å². The summed E-state index contributed by atoms with van der Waals surface area (Å²) in [5.41, 5.74) is 2.15. The zero-order valence-electron chi connectivity index (χ0n) is 15.2. The molecule has 1 aromatic heterocycles. The molecule has 0 spiro atoms. The summed E-state index contributed by atoms with van der Waals surface area (Å²) in [6.07, 6.45) is 1.58. The number of carbonyl (C=O) groups is 2. The van der Waals surface area contributed by atoms with Crippen molar-refractivity contribution < 1.29 is 9.59 Å². The van der Waals surface area contributed by atoms with Crippen molar-refractivity contribution >= 4 is 23.2 Å². The normalized spacial score (nSPS) is 10.1. The van der Waals surface area contributed by atoms with E-state index in [2.05, 4.69) is 40.9 Å². The van der Waals surface area contributed by atoms with Crippen LogP contribution in [0.4, 0.5) is 11.4 Å². The van der Waals surface area contributed by atoms with Gasteiger partial charge in [0.25, 0.3) is 11.8 Å². The van der Waals surface area contributed by atoms with Crippen molar-refractivity contribution in [1.82, 2.24) is 10.3 Å². The maximum absolute atomic E-state index is 12.4. The molecule has 1 aromatic carbocycles. The van der Waals surface area contributed by atoms with Gasteiger partial charge in [-0.1, -0.05) is 12.1 Å². The summed E-state index contributed by atoms with van der Waals surface area (Å²) in [6.45, 7) is 9.93. The van der Waals surface area contributed by atoms with Crippen LogP contribution < -0.4 is 15.5 Å². The van der Waals surface area contributed by atoms with Crippen molar-refractivity contribution in [2.75, 3.05) is 29.9 Å². The van der Waals surface area contributed by atoms with Gasteiger partial charge in [0.05, 0.1) is 0 Å². The number of pyridine rings is 1. The Labute approximate surface area is 153 Å². The molecular formula is C20H24N4O2. The number of amides is 2. The largest absolute Gasteiger partial charge is 0.372 e. The van der Waals surface area contributed by atoms with E-state index >= 15 is 0 Å². The first-order valence-corrected chi connectivity index (χ1v) is 8.61. The number of hydrogen-bond acceptors (Lipinski definition) is 4. The molecule has 0 fully saturated rings. The maximum Gasteiger partial charge on any atom is 0.274 e. The Morgan fingerprint density at radius 2 is 1.65 bits per heavy atom. The molecule has 0 aliphatic heterocycles. The first kappa shape index (κ1) is 19.2. The number of benzene rings is 1. The van der Waals surface area contributed by atoms with E-state index in [9.17, 15) is 9.59 Å². The molecule has 0 aliphatic rings. The van der Waals surface area contributed by atoms with Crippen LogP contribution in [0.1, 0.15) is 34.8 Å². The van der Waals surface area contributed by atoms with Gasteiger partial charge in [0.1, 0.15) is 11.4 Å². The van der Waals surface area contributed by atoms with E-state index in [4.69, 9.17) is 0 Å². The van der Waals surface area contributed by atoms with Crippen molar-refractivity contribution in [2.45, 2.75) is 13.8 Å². The van der Waals surface area contributed by atoms with Crippen LogP contribution in [0.3, 0.4) is 0 Å². The quantitative estimate of drug-likeness (QED) is 0.716. The fourth-order valence-corrected chi connectivity index (χ4v) is 2.48. The molecular weight excluding hydrogens is 328 g/mol. The van der Waals surface area contributed by atoms with E-state index in [0.717, 1.165) is 18.8 Å². The van der Waals surface area contributed by atoms with Gasteiger partial charge in [-0.3, -0.25) is 9.59 Å². The molecule has 0 saturated heterocycles. The Bertz CT molecular complexity index is 768. The summed E-state index contributed by atoms with van der Waals surface area (Å²) in [5.74, 6) is -0.706. The van der Waals surface area contributed by atoms with E-state index in [0.29, 0.717) is 12.2 Å². The zero-order valence-corrected chi connectivity index (χ0v) is 15.2. The number of aromatic nitrogens is 1. The molecule has 0 unspecified atom stereocenters. The lowest BCUT2D eigenvalue weighted by Crippen LogP contribution is -2.25. The Hall–Kier alpha value is -3.15. The van der Waals surface area contributed by atoms with Crippen molar-refractivity contribution in [3.63, 3.8) is 0 Å². The highest BCUT2D eigenvalue weighted by Gasteiger charge is 2.12. The van der Waals surface area contributed by atoms with E-state index < -0.39 is 0 Å². The lowest BCUT2D eigenvalue weighted by atomic mass is 10.2. The Morgan fingerprint density at radius 1 is 1.04 bits per heavy atom. The fourth-order valence-electron chi connectivity index (χ4n) is 2.48. The topological polar surface area (TPSA) is 74.3 Å². The zero-order chi connectivity index (χ0) is 18.9. The lowest BCUT2D eigenvalue weighted by Gasteiger charge is -2.21. The number of anilines is 2. The van der Waals surface area contributed by atoms with Gasteiger partial charge in [0, 0.05) is 31.0 Å². The molecule has 136 valence electrons. The van der Waals surface area contributed by atoms with Crippen LogP contribution in [-0.2, 0) is 0 Å². The summed E-state index contributed by atoms with van der Waals surface area (Å²) in [6, 6.07) is 12.4. The minimum atomic E-state index is -0.362. The average Bonchev–Trinajstić information content (AvgIpc) is 2.68. The van der Waals surface area contributed by atoms with Crippen LogP contribution in [0, 0.1) is 0 Å². The molecule has 2 N–H and O–H groups in total. The Balaban J connectivity index is 2.07. The predicted octanol–water partition coefficient (Wildman–Crippen LogP) is 3.10. The molecule has 0 bridgehead atoms. The van der Waals surface area contributed by atoms with Crippen LogP contribution in [0.15, 0.2) is 55.1 Å². The summed E-state index contributed by atoms with van der Waals surface area (Å²) < 4.78 is 0. The van der Waals surface area contributed by atoms with Gasteiger partial charge < -0.3 is 15.5 Å². The van der Waals surface area contributed by atoms with Gasteiger partial charge in [-0.15, -0.1) is 6.58 Å². The van der Waals surface area contributed by atoms with Crippen LogP contribution in [-0.4, -0.2) is 36.4 Å². The fraction of sp³-hybridized carbons (Fsp3) is 0.250. The van der Waals surface area contributed by atoms with E-state index in [-0.39, 0.29) is 23.2 Å². The summed E-state index contributed by atoms with van der Waals surface area (Å²) in [4.78, 5) is 30.7. The molecule has 2 rings (SSSR count). The first-order chi connectivity index (χ1) is 12.6. The smallest absolute Gasteiger partial charge is 0.274 e. The highest BCUT2D eigenvalue weighted by molar-refractivity contribution is 6.03. The molecule has 6 heteroatoms. The van der Waals surface area contributed by atoms with Gasteiger partial charge in [0.15, 0.2) is 0 Å². The number of nitrogens with zero attached hydrogens (tertiary/aromatic N) is 2. The molecule has 0 atom stereocenters. The van der Waals surface area contributed by atoms with Gasteiger partial charge in [0.2, 0.25) is 0 Å². The third-order valence-electron chi connectivity index (χ3n) is 3.88. The van der Waals surface area contributed by atoms with Gasteiger partial charge >= 0.3 is 0 Å². The monoisotopic (exact) mass is 352 g/mol. The van der Waals surface area contributed by atoms with Crippen LogP contribution in [0.25, 0.3) is 0 Å². The van der Waals surface area contributed by atoms with Crippen LogP contribution in [0.5, 0.6) is 0 Å². The minimum absolute atomic E-state index is 0.184. The van der Waals surface area contributed by atoms with E-state index in [1.807, 2.05) is 24.3 Å². The van der Waals surface area contributed by atoms with Crippen molar-refractivity contribution in [3.05, 3.63) is 66.5 Å². The number of rotatable bonds is 8. The summed E-state index contributed by atoms with van der Waals surface area (Å²) >= 11 is 0. The van der Waals surface area contributed by atoms with Gasteiger partial charge in [-0.2, -0.15) is 0 Å². The third-order valence-corrected chi connectivity index (χ3v) is 3.88. The molecule has 26 heavy (non-hydrogen) atoms. The maximum atomic E-state index is 12.4. The average molecular weight is 352 g/mol. The second-order valence-corrected chi connectivity index (χ2v) is 5.58. The molecule has 0 aliphatic carbocycles. The van der Waals surface area contributed by atoms with Gasteiger partial charge in [-0.25, -0.2) is 4.98 Å². The predicted molar refractivity (Wildman–Crippen MR) is 105 cm³/mol. The molecule has 0 saturated carbocycles. The minimum Gasteiger partial charge on any atom is -0.372 e. The molecule has 2 aromatic rings. The van der Waals surface area contributed by atoms with Crippen molar-refractivity contribution in [1.29, 1.82) is 0 Å².